The Labute approximate surface area is 173 Å². The van der Waals surface area contributed by atoms with Crippen molar-refractivity contribution in [2.75, 3.05) is 13.6 Å². The lowest BCUT2D eigenvalue weighted by molar-refractivity contribution is 0.0963. The molecule has 0 saturated carbocycles. The van der Waals surface area contributed by atoms with Crippen LogP contribution >= 0.6 is 0 Å². The van der Waals surface area contributed by atoms with Gasteiger partial charge in [-0.2, -0.15) is 4.31 Å². The highest BCUT2D eigenvalue weighted by Crippen LogP contribution is 2.26. The molecule has 0 aliphatic heterocycles. The molecule has 7 nitrogen and oxygen atoms in total. The number of benzene rings is 1. The van der Waals surface area contributed by atoms with Crippen molar-refractivity contribution in [2.45, 2.75) is 52.5 Å². The molecule has 2 rings (SSSR count). The fourth-order valence-electron chi connectivity index (χ4n) is 3.10. The molecule has 0 aliphatic carbocycles. The van der Waals surface area contributed by atoms with Gasteiger partial charge in [0.15, 0.2) is 5.76 Å². The van der Waals surface area contributed by atoms with E-state index in [1.54, 1.807) is 39.1 Å². The van der Waals surface area contributed by atoms with Crippen molar-refractivity contribution >= 4 is 15.9 Å². The van der Waals surface area contributed by atoms with Gasteiger partial charge in [0.2, 0.25) is 10.0 Å². The van der Waals surface area contributed by atoms with Gasteiger partial charge in [-0.15, -0.1) is 0 Å². The summed E-state index contributed by atoms with van der Waals surface area (Å²) in [5.74, 6) is 0.897. The SMILES string of the molecule is CNC(=O)c1cccc(CN(CCC(C)C(C)C)S(=O)(=O)c2c(C)noc2C)c1. The molecule has 0 bridgehead atoms. The van der Waals surface area contributed by atoms with E-state index in [9.17, 15) is 13.2 Å². The first-order chi connectivity index (χ1) is 13.6. The molecule has 0 spiro atoms. The third-order valence-corrected chi connectivity index (χ3v) is 7.40. The third kappa shape index (κ3) is 5.45. The van der Waals surface area contributed by atoms with E-state index >= 15 is 0 Å². The monoisotopic (exact) mass is 421 g/mol. The van der Waals surface area contributed by atoms with Crippen LogP contribution in [-0.4, -0.2) is 37.4 Å². The second-order valence-corrected chi connectivity index (χ2v) is 9.66. The Kier molecular flexibility index (Phi) is 7.60. The molecule has 160 valence electrons. The Morgan fingerprint density at radius 2 is 1.93 bits per heavy atom. The van der Waals surface area contributed by atoms with Crippen LogP contribution in [0, 0.1) is 25.7 Å². The minimum Gasteiger partial charge on any atom is -0.360 e. The Hall–Kier alpha value is -2.19. The van der Waals surface area contributed by atoms with Crippen LogP contribution in [0.5, 0.6) is 0 Å². The molecule has 1 unspecified atom stereocenters. The first-order valence-electron chi connectivity index (χ1n) is 9.82. The van der Waals surface area contributed by atoms with Crippen LogP contribution in [0.1, 0.15) is 54.6 Å². The summed E-state index contributed by atoms with van der Waals surface area (Å²) in [6.07, 6.45) is 0.732. The van der Waals surface area contributed by atoms with Crippen molar-refractivity contribution in [1.82, 2.24) is 14.8 Å². The number of carbonyl (C=O) groups excluding carboxylic acids is 1. The molecule has 29 heavy (non-hydrogen) atoms. The van der Waals surface area contributed by atoms with Gasteiger partial charge >= 0.3 is 0 Å². The number of hydrogen-bond acceptors (Lipinski definition) is 5. The molecule has 1 aromatic carbocycles. The standard InChI is InChI=1S/C21H31N3O4S/c1-14(2)15(3)10-11-24(29(26,27)20-16(4)23-28-17(20)5)13-18-8-7-9-19(12-18)21(25)22-6/h7-9,12,14-15H,10-11,13H2,1-6H3,(H,22,25). The molecule has 0 aliphatic rings. The lowest BCUT2D eigenvalue weighted by atomic mass is 9.95. The second-order valence-electron chi connectivity index (χ2n) is 7.78. The number of amides is 1. The Bertz CT molecular complexity index is 931. The summed E-state index contributed by atoms with van der Waals surface area (Å²) in [6, 6.07) is 7.02. The molecular weight excluding hydrogens is 390 g/mol. The van der Waals surface area contributed by atoms with Gasteiger partial charge < -0.3 is 9.84 Å². The maximum absolute atomic E-state index is 13.4. The van der Waals surface area contributed by atoms with Gasteiger partial charge in [-0.3, -0.25) is 4.79 Å². The molecule has 0 radical (unpaired) electrons. The smallest absolute Gasteiger partial charge is 0.251 e. The number of nitrogens with one attached hydrogen (secondary N) is 1. The van der Waals surface area contributed by atoms with Crippen molar-refractivity contribution in [3.8, 4) is 0 Å². The Morgan fingerprint density at radius 3 is 2.48 bits per heavy atom. The summed E-state index contributed by atoms with van der Waals surface area (Å²) in [7, 11) is -2.23. The molecule has 8 heteroatoms. The van der Waals surface area contributed by atoms with Crippen molar-refractivity contribution in [3.63, 3.8) is 0 Å². The summed E-state index contributed by atoms with van der Waals surface area (Å²) in [4.78, 5) is 12.1. The zero-order valence-corrected chi connectivity index (χ0v) is 18.8. The Balaban J connectivity index is 2.39. The minimum absolute atomic E-state index is 0.122. The lowest BCUT2D eigenvalue weighted by Crippen LogP contribution is -2.33. The predicted molar refractivity (Wildman–Crippen MR) is 112 cm³/mol. The molecule has 0 fully saturated rings. The molecular formula is C21H31N3O4S. The van der Waals surface area contributed by atoms with Crippen molar-refractivity contribution < 1.29 is 17.7 Å². The minimum atomic E-state index is -3.80. The van der Waals surface area contributed by atoms with Gasteiger partial charge in [0.05, 0.1) is 0 Å². The van der Waals surface area contributed by atoms with E-state index < -0.39 is 10.0 Å². The first-order valence-corrected chi connectivity index (χ1v) is 11.3. The van der Waals surface area contributed by atoms with Crippen molar-refractivity contribution in [1.29, 1.82) is 0 Å². The summed E-state index contributed by atoms with van der Waals surface area (Å²) in [5.41, 5.74) is 1.59. The summed E-state index contributed by atoms with van der Waals surface area (Å²) >= 11 is 0. The molecule has 2 aromatic rings. The first kappa shape index (κ1) is 23.1. The Morgan fingerprint density at radius 1 is 1.24 bits per heavy atom. The van der Waals surface area contributed by atoms with Crippen LogP contribution in [-0.2, 0) is 16.6 Å². The normalized spacial score (nSPS) is 13.1. The van der Waals surface area contributed by atoms with E-state index in [1.807, 2.05) is 6.07 Å². The van der Waals surface area contributed by atoms with Crippen LogP contribution < -0.4 is 5.32 Å². The maximum atomic E-state index is 13.4. The van der Waals surface area contributed by atoms with Crippen LogP contribution in [0.25, 0.3) is 0 Å². The topological polar surface area (TPSA) is 92.5 Å². The fourth-order valence-corrected chi connectivity index (χ4v) is 4.83. The van der Waals surface area contributed by atoms with E-state index in [-0.39, 0.29) is 23.1 Å². The summed E-state index contributed by atoms with van der Waals surface area (Å²) in [6.45, 7) is 10.2. The molecule has 1 aromatic heterocycles. The van der Waals surface area contributed by atoms with Gasteiger partial charge in [0, 0.05) is 25.7 Å². The number of carbonyl (C=O) groups is 1. The largest absolute Gasteiger partial charge is 0.360 e. The van der Waals surface area contributed by atoms with Crippen LogP contribution in [0.3, 0.4) is 0 Å². The van der Waals surface area contributed by atoms with E-state index in [1.165, 1.54) is 4.31 Å². The number of nitrogens with zero attached hydrogens (tertiary/aromatic N) is 2. The van der Waals surface area contributed by atoms with Crippen LogP contribution in [0.2, 0.25) is 0 Å². The third-order valence-electron chi connectivity index (χ3n) is 5.31. The average molecular weight is 422 g/mol. The number of sulfonamides is 1. The van der Waals surface area contributed by atoms with Gasteiger partial charge in [-0.25, -0.2) is 8.42 Å². The highest BCUT2D eigenvalue weighted by atomic mass is 32.2. The summed E-state index contributed by atoms with van der Waals surface area (Å²) in [5, 5.41) is 6.40. The van der Waals surface area contributed by atoms with Crippen molar-refractivity contribution in [3.05, 3.63) is 46.8 Å². The highest BCUT2D eigenvalue weighted by Gasteiger charge is 2.31. The van der Waals surface area contributed by atoms with E-state index in [0.717, 1.165) is 12.0 Å². The van der Waals surface area contributed by atoms with E-state index in [4.69, 9.17) is 4.52 Å². The number of aromatic nitrogens is 1. The zero-order chi connectivity index (χ0) is 21.8. The molecule has 1 N–H and O–H groups in total. The molecule has 1 amide bonds. The lowest BCUT2D eigenvalue weighted by Gasteiger charge is -2.25. The maximum Gasteiger partial charge on any atom is 0.251 e. The fraction of sp³-hybridized carbons (Fsp3) is 0.524. The predicted octanol–water partition coefficient (Wildman–Crippen LogP) is 3.52. The highest BCUT2D eigenvalue weighted by molar-refractivity contribution is 7.89. The van der Waals surface area contributed by atoms with Gasteiger partial charge in [-0.05, 0) is 49.8 Å². The van der Waals surface area contributed by atoms with Gasteiger partial charge in [0.1, 0.15) is 10.6 Å². The second kappa shape index (κ2) is 9.54. The number of aryl methyl sites for hydroxylation is 2. The van der Waals surface area contributed by atoms with Crippen molar-refractivity contribution in [2.24, 2.45) is 11.8 Å². The van der Waals surface area contributed by atoms with Gasteiger partial charge in [-0.1, -0.05) is 38.1 Å². The van der Waals surface area contributed by atoms with Crippen LogP contribution in [0.15, 0.2) is 33.7 Å². The van der Waals surface area contributed by atoms with Gasteiger partial charge in [0.25, 0.3) is 5.91 Å². The molecule has 1 heterocycles. The van der Waals surface area contributed by atoms with E-state index in [2.05, 4.69) is 31.2 Å². The summed E-state index contributed by atoms with van der Waals surface area (Å²) < 4.78 is 33.4. The quantitative estimate of drug-likeness (QED) is 0.669. The van der Waals surface area contributed by atoms with Crippen LogP contribution in [0.4, 0.5) is 0 Å². The number of hydrogen-bond donors (Lipinski definition) is 1. The average Bonchev–Trinajstić information content (AvgIpc) is 3.02. The molecule has 0 saturated heterocycles. The van der Waals surface area contributed by atoms with E-state index in [0.29, 0.717) is 29.6 Å². The number of rotatable bonds is 9. The zero-order valence-electron chi connectivity index (χ0n) is 18.0. The molecule has 1 atom stereocenters.